The molecule has 7 heteroatoms. The standard InChI is InChI=1S/C23H41N3O4/c1-4-7-9-13-20(14-10-8-5-2)17-29-22(27)16-11-15-21(12-6-3)30-23(28)26-19-24-18-25-26/h18-21H,4-17H2,1-3H3. The highest BCUT2D eigenvalue weighted by molar-refractivity contribution is 5.69. The number of esters is 1. The summed E-state index contributed by atoms with van der Waals surface area (Å²) in [6.45, 7) is 7.00. The first-order valence-electron chi connectivity index (χ1n) is 11.8. The van der Waals surface area contributed by atoms with Crippen molar-refractivity contribution >= 4 is 12.1 Å². The van der Waals surface area contributed by atoms with E-state index in [2.05, 4.69) is 23.9 Å². The van der Waals surface area contributed by atoms with Crippen LogP contribution in [0.1, 0.15) is 104 Å². The van der Waals surface area contributed by atoms with Crippen LogP contribution in [0.5, 0.6) is 0 Å². The van der Waals surface area contributed by atoms with E-state index in [0.29, 0.717) is 31.8 Å². The second-order valence-corrected chi connectivity index (χ2v) is 8.07. The highest BCUT2D eigenvalue weighted by Crippen LogP contribution is 2.19. The number of nitrogens with zero attached hydrogens (tertiary/aromatic N) is 3. The van der Waals surface area contributed by atoms with Crippen LogP contribution in [0, 0.1) is 5.92 Å². The van der Waals surface area contributed by atoms with Gasteiger partial charge in [-0.15, -0.1) is 5.10 Å². The highest BCUT2D eigenvalue weighted by atomic mass is 16.6. The van der Waals surface area contributed by atoms with Crippen LogP contribution in [0.25, 0.3) is 0 Å². The summed E-state index contributed by atoms with van der Waals surface area (Å²) in [6, 6.07) is 0. The average Bonchev–Trinajstić information content (AvgIpc) is 3.27. The molecule has 1 heterocycles. The van der Waals surface area contributed by atoms with E-state index in [1.165, 1.54) is 51.2 Å². The normalized spacial score (nSPS) is 12.1. The largest absolute Gasteiger partial charge is 0.465 e. The van der Waals surface area contributed by atoms with Gasteiger partial charge in [-0.1, -0.05) is 65.7 Å². The molecular weight excluding hydrogens is 382 g/mol. The molecular formula is C23H41N3O4. The number of carbonyl (C=O) groups is 2. The molecule has 172 valence electrons. The van der Waals surface area contributed by atoms with E-state index in [4.69, 9.17) is 9.47 Å². The molecule has 0 aliphatic carbocycles. The van der Waals surface area contributed by atoms with Crippen LogP contribution in [-0.2, 0) is 14.3 Å². The second-order valence-electron chi connectivity index (χ2n) is 8.07. The maximum atomic E-state index is 12.2. The molecule has 0 saturated heterocycles. The molecule has 0 aliphatic heterocycles. The SMILES string of the molecule is CCCCCC(CCCCC)COC(=O)CCCC(CCC)OC(=O)n1cncn1. The zero-order valence-electron chi connectivity index (χ0n) is 19.2. The Kier molecular flexibility index (Phi) is 14.7. The molecule has 0 N–H and O–H groups in total. The third-order valence-corrected chi connectivity index (χ3v) is 5.30. The zero-order valence-corrected chi connectivity index (χ0v) is 19.2. The summed E-state index contributed by atoms with van der Waals surface area (Å²) in [5.74, 6) is 0.326. The first-order chi connectivity index (χ1) is 14.6. The Morgan fingerprint density at radius 2 is 1.60 bits per heavy atom. The van der Waals surface area contributed by atoms with Gasteiger partial charge in [0.05, 0.1) is 6.61 Å². The molecule has 0 saturated carbocycles. The Morgan fingerprint density at radius 3 is 2.17 bits per heavy atom. The molecule has 0 aliphatic rings. The van der Waals surface area contributed by atoms with Crippen LogP contribution < -0.4 is 0 Å². The fourth-order valence-corrected chi connectivity index (χ4v) is 3.52. The summed E-state index contributed by atoms with van der Waals surface area (Å²) in [7, 11) is 0. The van der Waals surface area contributed by atoms with Crippen LogP contribution in [0.3, 0.4) is 0 Å². The van der Waals surface area contributed by atoms with Crippen LogP contribution in [0.15, 0.2) is 12.7 Å². The van der Waals surface area contributed by atoms with E-state index >= 15 is 0 Å². The Balaban J connectivity index is 2.32. The van der Waals surface area contributed by atoms with Gasteiger partial charge in [-0.05, 0) is 38.0 Å². The highest BCUT2D eigenvalue weighted by Gasteiger charge is 2.17. The van der Waals surface area contributed by atoms with Crippen molar-refractivity contribution in [3.63, 3.8) is 0 Å². The summed E-state index contributed by atoms with van der Waals surface area (Å²) in [5.41, 5.74) is 0. The quantitative estimate of drug-likeness (QED) is 0.228. The van der Waals surface area contributed by atoms with Gasteiger partial charge in [-0.3, -0.25) is 4.79 Å². The summed E-state index contributed by atoms with van der Waals surface area (Å²) < 4.78 is 12.2. The number of hydrogen-bond donors (Lipinski definition) is 0. The predicted octanol–water partition coefficient (Wildman–Crippen LogP) is 5.92. The van der Waals surface area contributed by atoms with Gasteiger partial charge in [0.1, 0.15) is 18.8 Å². The van der Waals surface area contributed by atoms with Gasteiger partial charge in [-0.2, -0.15) is 4.68 Å². The van der Waals surface area contributed by atoms with Crippen LogP contribution >= 0.6 is 0 Å². The maximum Gasteiger partial charge on any atom is 0.436 e. The van der Waals surface area contributed by atoms with E-state index < -0.39 is 6.09 Å². The van der Waals surface area contributed by atoms with Gasteiger partial charge in [0.2, 0.25) is 0 Å². The minimum Gasteiger partial charge on any atom is -0.465 e. The van der Waals surface area contributed by atoms with Gasteiger partial charge in [0.15, 0.2) is 0 Å². The van der Waals surface area contributed by atoms with Crippen molar-refractivity contribution in [3.8, 4) is 0 Å². The van der Waals surface area contributed by atoms with E-state index in [-0.39, 0.29) is 12.1 Å². The lowest BCUT2D eigenvalue weighted by atomic mass is 9.96. The van der Waals surface area contributed by atoms with Gasteiger partial charge in [0.25, 0.3) is 0 Å². The van der Waals surface area contributed by atoms with Crippen molar-refractivity contribution in [2.24, 2.45) is 5.92 Å². The molecule has 1 aromatic rings. The first-order valence-corrected chi connectivity index (χ1v) is 11.8. The van der Waals surface area contributed by atoms with Crippen molar-refractivity contribution < 1.29 is 19.1 Å². The smallest absolute Gasteiger partial charge is 0.436 e. The van der Waals surface area contributed by atoms with Crippen LogP contribution in [0.4, 0.5) is 4.79 Å². The molecule has 0 aromatic carbocycles. The van der Waals surface area contributed by atoms with E-state index in [9.17, 15) is 9.59 Å². The zero-order chi connectivity index (χ0) is 22.0. The molecule has 0 fully saturated rings. The van der Waals surface area contributed by atoms with Crippen molar-refractivity contribution in [2.45, 2.75) is 110 Å². The predicted molar refractivity (Wildman–Crippen MR) is 117 cm³/mol. The number of aromatic nitrogens is 3. The molecule has 1 atom stereocenters. The molecule has 1 rings (SSSR count). The lowest BCUT2D eigenvalue weighted by Crippen LogP contribution is -2.23. The third-order valence-electron chi connectivity index (χ3n) is 5.30. The minimum atomic E-state index is -0.532. The number of hydrogen-bond acceptors (Lipinski definition) is 6. The topological polar surface area (TPSA) is 83.3 Å². The Bertz CT molecular complexity index is 553. The number of carbonyl (C=O) groups excluding carboxylic acids is 2. The molecule has 0 spiro atoms. The monoisotopic (exact) mass is 423 g/mol. The van der Waals surface area contributed by atoms with Gasteiger partial charge >= 0.3 is 12.1 Å². The Morgan fingerprint density at radius 1 is 0.900 bits per heavy atom. The summed E-state index contributed by atoms with van der Waals surface area (Å²) in [5, 5.41) is 3.79. The van der Waals surface area contributed by atoms with E-state index in [1.807, 2.05) is 6.92 Å². The van der Waals surface area contributed by atoms with Crippen LogP contribution in [0.2, 0.25) is 0 Å². The molecule has 7 nitrogen and oxygen atoms in total. The molecule has 1 aromatic heterocycles. The van der Waals surface area contributed by atoms with Gasteiger partial charge in [0, 0.05) is 6.42 Å². The summed E-state index contributed by atoms with van der Waals surface area (Å²) >= 11 is 0. The first kappa shape index (κ1) is 26.1. The molecule has 30 heavy (non-hydrogen) atoms. The average molecular weight is 424 g/mol. The number of ether oxygens (including phenoxy) is 2. The van der Waals surface area contributed by atoms with Crippen molar-refractivity contribution in [2.75, 3.05) is 6.61 Å². The number of unbranched alkanes of at least 4 members (excludes halogenated alkanes) is 4. The molecule has 1 unspecified atom stereocenters. The lowest BCUT2D eigenvalue weighted by molar-refractivity contribution is -0.145. The molecule has 0 bridgehead atoms. The van der Waals surface area contributed by atoms with E-state index in [0.717, 1.165) is 30.4 Å². The Labute approximate surface area is 181 Å². The number of rotatable bonds is 17. The van der Waals surface area contributed by atoms with Crippen molar-refractivity contribution in [1.29, 1.82) is 0 Å². The second kappa shape index (κ2) is 16.8. The summed E-state index contributed by atoms with van der Waals surface area (Å²) in [4.78, 5) is 28.0. The van der Waals surface area contributed by atoms with Crippen molar-refractivity contribution in [3.05, 3.63) is 12.7 Å². The van der Waals surface area contributed by atoms with Gasteiger partial charge in [-0.25, -0.2) is 9.78 Å². The maximum absolute atomic E-state index is 12.2. The molecule has 0 amide bonds. The minimum absolute atomic E-state index is 0.149. The fraction of sp³-hybridized carbons (Fsp3) is 0.826. The van der Waals surface area contributed by atoms with E-state index in [1.54, 1.807) is 0 Å². The summed E-state index contributed by atoms with van der Waals surface area (Å²) in [6.07, 6.45) is 14.8. The van der Waals surface area contributed by atoms with Crippen LogP contribution in [-0.4, -0.2) is 39.5 Å². The third kappa shape index (κ3) is 11.9. The Hall–Kier alpha value is -1.92. The van der Waals surface area contributed by atoms with Gasteiger partial charge < -0.3 is 9.47 Å². The fourth-order valence-electron chi connectivity index (χ4n) is 3.52. The molecule has 0 radical (unpaired) electrons. The lowest BCUT2D eigenvalue weighted by Gasteiger charge is -2.18. The van der Waals surface area contributed by atoms with Crippen molar-refractivity contribution in [1.82, 2.24) is 14.8 Å².